The average Bonchev–Trinajstić information content (AvgIpc) is 3.65. The van der Waals surface area contributed by atoms with Crippen molar-refractivity contribution < 1.29 is 19.0 Å². The van der Waals surface area contributed by atoms with E-state index in [9.17, 15) is 4.79 Å². The summed E-state index contributed by atoms with van der Waals surface area (Å²) in [4.78, 5) is 25.1. The molecule has 0 amide bonds. The van der Waals surface area contributed by atoms with Crippen molar-refractivity contribution in [3.8, 4) is 11.3 Å². The molecule has 5 heterocycles. The van der Waals surface area contributed by atoms with Crippen molar-refractivity contribution in [3.05, 3.63) is 47.0 Å². The molecule has 5 rings (SSSR count). The zero-order valence-electron chi connectivity index (χ0n) is 24.5. The van der Waals surface area contributed by atoms with Gasteiger partial charge in [0.1, 0.15) is 11.6 Å². The van der Waals surface area contributed by atoms with E-state index in [1.807, 2.05) is 53.8 Å². The standard InChI is InChI=1S/C28H39N7O4SSi/c1-6-39-28(36)25-21(17-33-7-9-37-10-8-33)13-24(40-25)32-26-27-29-15-23(35(27)16-20(2)31-26)22-14-30-34(18-22)19-38-11-12-41(3,4)5/h13-16,18H,6-12,17,19H2,1-5H3,(H,31,32). The summed E-state index contributed by atoms with van der Waals surface area (Å²) in [7, 11) is -1.13. The maximum Gasteiger partial charge on any atom is 0.348 e. The van der Waals surface area contributed by atoms with Crippen molar-refractivity contribution in [2.24, 2.45) is 0 Å². The predicted octanol–water partition coefficient (Wildman–Crippen LogP) is 5.03. The van der Waals surface area contributed by atoms with Crippen molar-refractivity contribution in [2.45, 2.75) is 52.8 Å². The highest BCUT2D eigenvalue weighted by atomic mass is 32.1. The lowest BCUT2D eigenvalue weighted by Gasteiger charge is -2.26. The van der Waals surface area contributed by atoms with Crippen LogP contribution in [0.5, 0.6) is 0 Å². The Kier molecular flexibility index (Phi) is 9.19. The first-order valence-corrected chi connectivity index (χ1v) is 18.5. The van der Waals surface area contributed by atoms with E-state index in [1.165, 1.54) is 11.3 Å². The first kappa shape index (κ1) is 29.4. The number of thiophene rings is 1. The van der Waals surface area contributed by atoms with Gasteiger partial charge in [-0.15, -0.1) is 11.3 Å². The number of ether oxygens (including phenoxy) is 3. The molecule has 1 saturated heterocycles. The minimum Gasteiger partial charge on any atom is -0.462 e. The van der Waals surface area contributed by atoms with Crippen LogP contribution in [0.1, 0.15) is 27.9 Å². The van der Waals surface area contributed by atoms with Gasteiger partial charge >= 0.3 is 5.97 Å². The lowest BCUT2D eigenvalue weighted by atomic mass is 10.2. The SMILES string of the molecule is CCOC(=O)c1sc(Nc2nc(C)cn3c(-c4cnn(COCC[Si](C)(C)C)c4)cnc23)cc1CN1CCOCC1. The van der Waals surface area contributed by atoms with Gasteiger partial charge in [-0.3, -0.25) is 9.30 Å². The van der Waals surface area contributed by atoms with Gasteiger partial charge in [-0.2, -0.15) is 5.10 Å². The molecule has 1 fully saturated rings. The van der Waals surface area contributed by atoms with Crippen molar-refractivity contribution in [2.75, 3.05) is 44.8 Å². The van der Waals surface area contributed by atoms with E-state index in [0.29, 0.717) is 49.4 Å². The molecule has 41 heavy (non-hydrogen) atoms. The van der Waals surface area contributed by atoms with Crippen LogP contribution < -0.4 is 5.32 Å². The van der Waals surface area contributed by atoms with Gasteiger partial charge in [0.25, 0.3) is 0 Å². The molecule has 1 N–H and O–H groups in total. The lowest BCUT2D eigenvalue weighted by Crippen LogP contribution is -2.35. The Labute approximate surface area is 245 Å². The van der Waals surface area contributed by atoms with Crippen LogP contribution in [0.2, 0.25) is 25.7 Å². The number of carbonyl (C=O) groups is 1. The summed E-state index contributed by atoms with van der Waals surface area (Å²) in [5, 5.41) is 8.74. The normalized spacial score (nSPS) is 14.6. The number of anilines is 2. The Bertz CT molecular complexity index is 1490. The van der Waals surface area contributed by atoms with Crippen LogP contribution >= 0.6 is 11.3 Å². The Morgan fingerprint density at radius 2 is 2.00 bits per heavy atom. The second-order valence-electron chi connectivity index (χ2n) is 11.4. The molecule has 4 aromatic heterocycles. The lowest BCUT2D eigenvalue weighted by molar-refractivity contribution is 0.0338. The number of aryl methyl sites for hydroxylation is 1. The summed E-state index contributed by atoms with van der Waals surface area (Å²) in [5.74, 6) is 0.314. The van der Waals surface area contributed by atoms with Gasteiger partial charge in [-0.1, -0.05) is 19.6 Å². The van der Waals surface area contributed by atoms with Gasteiger partial charge < -0.3 is 19.5 Å². The third-order valence-electron chi connectivity index (χ3n) is 6.77. The minimum absolute atomic E-state index is 0.305. The molecule has 0 atom stereocenters. The van der Waals surface area contributed by atoms with E-state index in [4.69, 9.17) is 24.2 Å². The molecule has 11 nitrogen and oxygen atoms in total. The molecule has 4 aromatic rings. The van der Waals surface area contributed by atoms with Gasteiger partial charge in [0.2, 0.25) is 0 Å². The summed E-state index contributed by atoms with van der Waals surface area (Å²) in [6.45, 7) is 16.0. The van der Waals surface area contributed by atoms with Crippen LogP contribution in [0.15, 0.2) is 30.9 Å². The second-order valence-corrected chi connectivity index (χ2v) is 18.1. The fourth-order valence-corrected chi connectivity index (χ4v) is 6.33. The zero-order valence-corrected chi connectivity index (χ0v) is 26.3. The Balaban J connectivity index is 1.37. The third-order valence-corrected chi connectivity index (χ3v) is 9.55. The third kappa shape index (κ3) is 7.40. The van der Waals surface area contributed by atoms with E-state index in [-0.39, 0.29) is 5.97 Å². The van der Waals surface area contributed by atoms with E-state index in [0.717, 1.165) is 53.3 Å². The minimum atomic E-state index is -1.13. The Morgan fingerprint density at radius 3 is 2.76 bits per heavy atom. The largest absolute Gasteiger partial charge is 0.462 e. The number of carbonyl (C=O) groups excluding carboxylic acids is 1. The molecule has 0 aliphatic carbocycles. The first-order chi connectivity index (χ1) is 19.7. The number of nitrogens with zero attached hydrogens (tertiary/aromatic N) is 6. The summed E-state index contributed by atoms with van der Waals surface area (Å²) in [6.07, 6.45) is 7.60. The molecule has 0 bridgehead atoms. The maximum absolute atomic E-state index is 12.8. The number of hydrogen-bond donors (Lipinski definition) is 1. The van der Waals surface area contributed by atoms with E-state index >= 15 is 0 Å². The van der Waals surface area contributed by atoms with Crippen LogP contribution in [-0.2, 0) is 27.5 Å². The molecule has 0 unspecified atom stereocenters. The Morgan fingerprint density at radius 1 is 1.20 bits per heavy atom. The molecular weight excluding hydrogens is 559 g/mol. The van der Waals surface area contributed by atoms with Crippen molar-refractivity contribution in [3.63, 3.8) is 0 Å². The van der Waals surface area contributed by atoms with Crippen LogP contribution in [-0.4, -0.2) is 82.6 Å². The number of esters is 1. The number of imidazole rings is 1. The van der Waals surface area contributed by atoms with Crippen LogP contribution in [0.25, 0.3) is 16.9 Å². The highest BCUT2D eigenvalue weighted by Crippen LogP contribution is 2.33. The van der Waals surface area contributed by atoms with Crippen LogP contribution in [0.3, 0.4) is 0 Å². The van der Waals surface area contributed by atoms with E-state index < -0.39 is 8.07 Å². The molecule has 0 saturated carbocycles. The van der Waals surface area contributed by atoms with Crippen LogP contribution in [0.4, 0.5) is 10.8 Å². The summed E-state index contributed by atoms with van der Waals surface area (Å²) in [5.41, 5.74) is 4.30. The van der Waals surface area contributed by atoms with Crippen molar-refractivity contribution in [1.82, 2.24) is 29.0 Å². The molecule has 0 aromatic carbocycles. The second kappa shape index (κ2) is 12.8. The molecule has 1 aliphatic heterocycles. The van der Waals surface area contributed by atoms with Gasteiger partial charge in [0.05, 0.1) is 48.6 Å². The predicted molar refractivity (Wildman–Crippen MR) is 163 cm³/mol. The van der Waals surface area contributed by atoms with E-state index in [1.54, 1.807) is 0 Å². The number of rotatable bonds is 12. The average molecular weight is 598 g/mol. The molecule has 1 aliphatic rings. The van der Waals surface area contributed by atoms with Gasteiger partial charge in [-0.05, 0) is 31.5 Å². The van der Waals surface area contributed by atoms with Crippen molar-refractivity contribution >= 4 is 41.8 Å². The highest BCUT2D eigenvalue weighted by Gasteiger charge is 2.22. The quantitative estimate of drug-likeness (QED) is 0.137. The summed E-state index contributed by atoms with van der Waals surface area (Å²) in [6, 6.07) is 3.14. The number of hydrogen-bond acceptors (Lipinski definition) is 10. The molecule has 220 valence electrons. The van der Waals surface area contributed by atoms with Gasteiger partial charge in [-0.25, -0.2) is 19.4 Å². The zero-order chi connectivity index (χ0) is 29.0. The van der Waals surface area contributed by atoms with Gasteiger partial charge in [0, 0.05) is 52.3 Å². The molecule has 0 spiro atoms. The molecule has 13 heteroatoms. The number of nitrogens with one attached hydrogen (secondary N) is 1. The number of morpholine rings is 1. The first-order valence-electron chi connectivity index (χ1n) is 14.0. The topological polar surface area (TPSA) is 108 Å². The monoisotopic (exact) mass is 597 g/mol. The fourth-order valence-electron chi connectivity index (χ4n) is 4.60. The maximum atomic E-state index is 12.8. The van der Waals surface area contributed by atoms with Crippen molar-refractivity contribution in [1.29, 1.82) is 0 Å². The number of aromatic nitrogens is 5. The Hall–Kier alpha value is -3.10. The molecular formula is C28H39N7O4SSi. The summed E-state index contributed by atoms with van der Waals surface area (Å²) >= 11 is 1.38. The molecule has 0 radical (unpaired) electrons. The summed E-state index contributed by atoms with van der Waals surface area (Å²) < 4.78 is 20.5. The highest BCUT2D eigenvalue weighted by molar-refractivity contribution is 7.18. The fraction of sp³-hybridized carbons (Fsp3) is 0.500. The smallest absolute Gasteiger partial charge is 0.348 e. The van der Waals surface area contributed by atoms with E-state index in [2.05, 4.69) is 35.0 Å². The number of fused-ring (bicyclic) bond motifs is 1. The van der Waals surface area contributed by atoms with Gasteiger partial charge in [0.15, 0.2) is 11.5 Å². The van der Waals surface area contributed by atoms with Crippen LogP contribution in [0, 0.1) is 6.92 Å².